The molecule has 4 rings (SSSR count). The minimum atomic E-state index is -0.134. The highest BCUT2D eigenvalue weighted by atomic mass is 16.3. The van der Waals surface area contributed by atoms with Crippen LogP contribution in [-0.2, 0) is 6.54 Å². The van der Waals surface area contributed by atoms with Crippen LogP contribution < -0.4 is 0 Å². The number of para-hydroxylation sites is 1. The van der Waals surface area contributed by atoms with E-state index in [2.05, 4.69) is 6.92 Å². The number of hydrogen-bond donors (Lipinski definition) is 1. The number of carbonyl (C=O) groups is 1. The number of unbranched alkanes of at least 4 members (excludes halogenated alkanes) is 1. The summed E-state index contributed by atoms with van der Waals surface area (Å²) in [5, 5.41) is 13.6. The van der Waals surface area contributed by atoms with E-state index < -0.39 is 0 Å². The second kappa shape index (κ2) is 6.68. The van der Waals surface area contributed by atoms with E-state index in [1.807, 2.05) is 71.3 Å². The first-order valence-electron chi connectivity index (χ1n) is 9.05. The van der Waals surface area contributed by atoms with Crippen molar-refractivity contribution in [2.75, 3.05) is 0 Å². The highest BCUT2D eigenvalue weighted by Gasteiger charge is 2.24. The third-order valence-electron chi connectivity index (χ3n) is 4.94. The van der Waals surface area contributed by atoms with Gasteiger partial charge in [0.25, 0.3) is 0 Å². The van der Waals surface area contributed by atoms with Gasteiger partial charge < -0.3 is 9.67 Å². The molecule has 0 bridgehead atoms. The summed E-state index contributed by atoms with van der Waals surface area (Å²) >= 11 is 0. The van der Waals surface area contributed by atoms with Crippen molar-refractivity contribution in [1.82, 2.24) is 4.57 Å². The number of fused-ring (bicyclic) bond motifs is 2. The van der Waals surface area contributed by atoms with Crippen molar-refractivity contribution in [2.45, 2.75) is 26.3 Å². The maximum absolute atomic E-state index is 13.4. The largest absolute Gasteiger partial charge is 0.494 e. The molecule has 1 heterocycles. The molecule has 3 nitrogen and oxygen atoms in total. The number of aromatic nitrogens is 1. The fourth-order valence-electron chi connectivity index (χ4n) is 3.61. The summed E-state index contributed by atoms with van der Waals surface area (Å²) in [5.41, 5.74) is 1.92. The Labute approximate surface area is 152 Å². The Hall–Kier alpha value is -3.07. The van der Waals surface area contributed by atoms with Gasteiger partial charge >= 0.3 is 0 Å². The summed E-state index contributed by atoms with van der Waals surface area (Å²) in [6, 6.07) is 21.3. The van der Waals surface area contributed by atoms with Gasteiger partial charge in [0.05, 0.1) is 11.1 Å². The number of aryl methyl sites for hydroxylation is 1. The second-order valence-corrected chi connectivity index (χ2v) is 6.58. The number of carbonyl (C=O) groups excluding carboxylic acids is 1. The molecule has 1 aromatic heterocycles. The van der Waals surface area contributed by atoms with Crippen molar-refractivity contribution >= 4 is 27.5 Å². The van der Waals surface area contributed by atoms with E-state index in [1.165, 1.54) is 0 Å². The van der Waals surface area contributed by atoms with Crippen molar-refractivity contribution in [2.24, 2.45) is 0 Å². The quantitative estimate of drug-likeness (QED) is 0.484. The standard InChI is InChI=1S/C23H21NO2/c1-2-3-15-24-20-14-7-6-12-19(20)21(23(24)26)22(25)18-13-8-10-16-9-4-5-11-17(16)18/h4-14,26H,2-3,15H2,1H3. The molecular formula is C23H21NO2. The SMILES string of the molecule is CCCCn1c(O)c(C(=O)c2cccc3ccccc23)c2ccccc21. The predicted octanol–water partition coefficient (Wildman–Crippen LogP) is 5.53. The molecule has 0 aliphatic carbocycles. The van der Waals surface area contributed by atoms with Gasteiger partial charge in [0.1, 0.15) is 0 Å². The van der Waals surface area contributed by atoms with Gasteiger partial charge in [0.2, 0.25) is 5.88 Å². The molecule has 1 N–H and O–H groups in total. The van der Waals surface area contributed by atoms with Gasteiger partial charge in [-0.3, -0.25) is 4.79 Å². The number of benzene rings is 3. The summed E-state index contributed by atoms with van der Waals surface area (Å²) in [6.45, 7) is 2.82. The van der Waals surface area contributed by atoms with Gasteiger partial charge in [-0.15, -0.1) is 0 Å². The fourth-order valence-corrected chi connectivity index (χ4v) is 3.61. The molecule has 0 fully saturated rings. The highest BCUT2D eigenvalue weighted by molar-refractivity contribution is 6.22. The topological polar surface area (TPSA) is 42.2 Å². The number of hydrogen-bond acceptors (Lipinski definition) is 2. The molecule has 0 radical (unpaired) electrons. The van der Waals surface area contributed by atoms with Gasteiger partial charge in [-0.25, -0.2) is 0 Å². The molecule has 0 atom stereocenters. The first-order valence-corrected chi connectivity index (χ1v) is 9.05. The molecule has 0 saturated carbocycles. The maximum Gasteiger partial charge on any atom is 0.203 e. The highest BCUT2D eigenvalue weighted by Crippen LogP contribution is 2.34. The Balaban J connectivity index is 1.94. The molecule has 26 heavy (non-hydrogen) atoms. The van der Waals surface area contributed by atoms with Gasteiger partial charge in [0, 0.05) is 17.5 Å². The van der Waals surface area contributed by atoms with Crippen LogP contribution in [0.15, 0.2) is 66.7 Å². The molecule has 3 aromatic carbocycles. The molecule has 0 aliphatic heterocycles. The zero-order valence-electron chi connectivity index (χ0n) is 14.8. The van der Waals surface area contributed by atoms with E-state index in [9.17, 15) is 9.90 Å². The van der Waals surface area contributed by atoms with Crippen LogP contribution >= 0.6 is 0 Å². The average molecular weight is 343 g/mol. The van der Waals surface area contributed by atoms with Crippen molar-refractivity contribution < 1.29 is 9.90 Å². The van der Waals surface area contributed by atoms with Gasteiger partial charge in [-0.05, 0) is 23.3 Å². The van der Waals surface area contributed by atoms with E-state index in [0.717, 1.165) is 34.5 Å². The molecule has 0 saturated heterocycles. The second-order valence-electron chi connectivity index (χ2n) is 6.58. The van der Waals surface area contributed by atoms with Crippen LogP contribution in [0, 0.1) is 0 Å². The van der Waals surface area contributed by atoms with Gasteiger partial charge in [-0.1, -0.05) is 74.0 Å². The van der Waals surface area contributed by atoms with Crippen LogP contribution in [0.3, 0.4) is 0 Å². The lowest BCUT2D eigenvalue weighted by Crippen LogP contribution is -2.03. The van der Waals surface area contributed by atoms with Crippen molar-refractivity contribution in [1.29, 1.82) is 0 Å². The minimum Gasteiger partial charge on any atom is -0.494 e. The maximum atomic E-state index is 13.4. The average Bonchev–Trinajstić information content (AvgIpc) is 2.96. The van der Waals surface area contributed by atoms with Crippen LogP contribution in [0.25, 0.3) is 21.7 Å². The molecular weight excluding hydrogens is 322 g/mol. The Morgan fingerprint density at radius 2 is 1.62 bits per heavy atom. The zero-order chi connectivity index (χ0) is 18.1. The summed E-state index contributed by atoms with van der Waals surface area (Å²) in [4.78, 5) is 13.4. The van der Waals surface area contributed by atoms with E-state index in [4.69, 9.17) is 0 Å². The molecule has 0 amide bonds. The lowest BCUT2D eigenvalue weighted by molar-refractivity contribution is 0.103. The zero-order valence-corrected chi connectivity index (χ0v) is 14.8. The lowest BCUT2D eigenvalue weighted by atomic mass is 9.97. The molecule has 3 heteroatoms. The molecule has 4 aromatic rings. The molecule has 0 aliphatic rings. The van der Waals surface area contributed by atoms with Crippen molar-refractivity contribution in [3.8, 4) is 5.88 Å². The number of rotatable bonds is 5. The van der Waals surface area contributed by atoms with E-state index in [0.29, 0.717) is 17.7 Å². The van der Waals surface area contributed by atoms with E-state index in [-0.39, 0.29) is 11.7 Å². The van der Waals surface area contributed by atoms with Crippen LogP contribution in [0.4, 0.5) is 0 Å². The summed E-state index contributed by atoms with van der Waals surface area (Å²) in [7, 11) is 0. The molecule has 0 unspecified atom stereocenters. The third-order valence-corrected chi connectivity index (χ3v) is 4.94. The first kappa shape index (κ1) is 16.4. The monoisotopic (exact) mass is 343 g/mol. The van der Waals surface area contributed by atoms with Crippen LogP contribution in [0.1, 0.15) is 35.7 Å². The molecule has 130 valence electrons. The Kier molecular flexibility index (Phi) is 4.21. The predicted molar refractivity (Wildman–Crippen MR) is 106 cm³/mol. The van der Waals surface area contributed by atoms with Crippen molar-refractivity contribution in [3.05, 3.63) is 77.9 Å². The Morgan fingerprint density at radius 3 is 2.42 bits per heavy atom. The Morgan fingerprint density at radius 1 is 0.923 bits per heavy atom. The summed E-state index contributed by atoms with van der Waals surface area (Å²) in [6.07, 6.45) is 1.98. The van der Waals surface area contributed by atoms with Gasteiger partial charge in [-0.2, -0.15) is 0 Å². The summed E-state index contributed by atoms with van der Waals surface area (Å²) in [5.74, 6) is -0.0664. The fraction of sp³-hybridized carbons (Fsp3) is 0.174. The smallest absolute Gasteiger partial charge is 0.203 e. The van der Waals surface area contributed by atoms with E-state index in [1.54, 1.807) is 0 Å². The first-order chi connectivity index (χ1) is 12.7. The number of ketones is 1. The molecule has 0 spiro atoms. The van der Waals surface area contributed by atoms with Crippen LogP contribution in [0.5, 0.6) is 5.88 Å². The number of nitrogens with zero attached hydrogens (tertiary/aromatic N) is 1. The minimum absolute atomic E-state index is 0.0672. The van der Waals surface area contributed by atoms with E-state index >= 15 is 0 Å². The number of aromatic hydroxyl groups is 1. The van der Waals surface area contributed by atoms with Crippen LogP contribution in [-0.4, -0.2) is 15.5 Å². The lowest BCUT2D eigenvalue weighted by Gasteiger charge is -2.07. The summed E-state index contributed by atoms with van der Waals surface area (Å²) < 4.78 is 1.86. The Bertz CT molecular complexity index is 1100. The third kappa shape index (κ3) is 2.57. The van der Waals surface area contributed by atoms with Gasteiger partial charge in [0.15, 0.2) is 5.78 Å². The normalized spacial score (nSPS) is 11.3. The van der Waals surface area contributed by atoms with Crippen LogP contribution in [0.2, 0.25) is 0 Å². The van der Waals surface area contributed by atoms with Crippen molar-refractivity contribution in [3.63, 3.8) is 0 Å².